The molecular formula is C12H10Cl2N2. The summed E-state index contributed by atoms with van der Waals surface area (Å²) in [5.74, 6) is 0. The van der Waals surface area contributed by atoms with E-state index in [1.165, 1.54) is 0 Å². The van der Waals surface area contributed by atoms with E-state index in [0.29, 0.717) is 15.5 Å². The third-order valence-electron chi connectivity index (χ3n) is 2.14. The van der Waals surface area contributed by atoms with Gasteiger partial charge in [0, 0.05) is 18.3 Å². The smallest absolute Gasteiger partial charge is 0.151 e. The van der Waals surface area contributed by atoms with Crippen molar-refractivity contribution >= 4 is 28.9 Å². The highest BCUT2D eigenvalue weighted by atomic mass is 35.5. The second kappa shape index (κ2) is 4.73. The molecule has 0 aliphatic rings. The zero-order chi connectivity index (χ0) is 11.5. The second-order valence-electron chi connectivity index (χ2n) is 3.38. The highest BCUT2D eigenvalue weighted by Gasteiger charge is 1.96. The summed E-state index contributed by atoms with van der Waals surface area (Å²) in [6, 6.07) is 11.0. The molecule has 2 aromatic rings. The van der Waals surface area contributed by atoms with E-state index in [9.17, 15) is 0 Å². The fraction of sp³-hybridized carbons (Fsp3) is 0.0833. The van der Waals surface area contributed by atoms with Gasteiger partial charge in [-0.15, -0.1) is 0 Å². The van der Waals surface area contributed by atoms with Gasteiger partial charge in [0.2, 0.25) is 0 Å². The Bertz CT molecular complexity index is 550. The lowest BCUT2D eigenvalue weighted by molar-refractivity contribution is 0.835. The van der Waals surface area contributed by atoms with Crippen molar-refractivity contribution in [3.63, 3.8) is 0 Å². The minimum absolute atomic E-state index is 0.616. The SMILES string of the molecule is Cn1cccc(Cl)c1=Nc1cccc(Cl)c1. The normalized spacial score (nSPS) is 11.8. The molecule has 1 aromatic carbocycles. The Kier molecular flexibility index (Phi) is 3.32. The van der Waals surface area contributed by atoms with Crippen LogP contribution in [0.2, 0.25) is 10.0 Å². The molecule has 0 atom stereocenters. The van der Waals surface area contributed by atoms with E-state index >= 15 is 0 Å². The van der Waals surface area contributed by atoms with Gasteiger partial charge in [-0.25, -0.2) is 4.99 Å². The summed E-state index contributed by atoms with van der Waals surface area (Å²) >= 11 is 12.0. The molecule has 0 saturated heterocycles. The number of aromatic nitrogens is 1. The number of rotatable bonds is 1. The van der Waals surface area contributed by atoms with Crippen molar-refractivity contribution in [3.8, 4) is 0 Å². The summed E-state index contributed by atoms with van der Waals surface area (Å²) in [4.78, 5) is 4.45. The first-order valence-corrected chi connectivity index (χ1v) is 5.54. The van der Waals surface area contributed by atoms with E-state index in [2.05, 4.69) is 4.99 Å². The van der Waals surface area contributed by atoms with Crippen LogP contribution in [0.15, 0.2) is 47.6 Å². The molecule has 0 aliphatic heterocycles. The number of halogens is 2. The van der Waals surface area contributed by atoms with Gasteiger partial charge in [0.25, 0.3) is 0 Å². The maximum atomic E-state index is 6.07. The molecule has 0 spiro atoms. The van der Waals surface area contributed by atoms with Crippen LogP contribution in [-0.4, -0.2) is 4.57 Å². The average Bonchev–Trinajstić information content (AvgIpc) is 2.24. The van der Waals surface area contributed by atoms with Crippen molar-refractivity contribution < 1.29 is 0 Å². The number of pyridine rings is 1. The van der Waals surface area contributed by atoms with E-state index in [0.717, 1.165) is 5.69 Å². The molecule has 0 fully saturated rings. The summed E-state index contributed by atoms with van der Waals surface area (Å²) < 4.78 is 1.86. The minimum atomic E-state index is 0.616. The van der Waals surface area contributed by atoms with Gasteiger partial charge in [0.15, 0.2) is 5.49 Å². The van der Waals surface area contributed by atoms with Crippen molar-refractivity contribution in [2.45, 2.75) is 0 Å². The predicted octanol–water partition coefficient (Wildman–Crippen LogP) is 3.56. The summed E-state index contributed by atoms with van der Waals surface area (Å²) in [6.07, 6.45) is 1.90. The molecule has 0 N–H and O–H groups in total. The molecule has 0 aliphatic carbocycles. The zero-order valence-corrected chi connectivity index (χ0v) is 10.2. The van der Waals surface area contributed by atoms with Gasteiger partial charge in [0.05, 0.1) is 10.7 Å². The Morgan fingerprint density at radius 1 is 1.12 bits per heavy atom. The van der Waals surface area contributed by atoms with E-state index < -0.39 is 0 Å². The zero-order valence-electron chi connectivity index (χ0n) is 8.69. The van der Waals surface area contributed by atoms with Crippen molar-refractivity contribution in [2.24, 2.45) is 12.0 Å². The molecule has 1 aromatic heterocycles. The number of aryl methyl sites for hydroxylation is 1. The van der Waals surface area contributed by atoms with Gasteiger partial charge in [-0.3, -0.25) is 0 Å². The molecular weight excluding hydrogens is 243 g/mol. The first-order chi connectivity index (χ1) is 7.66. The largest absolute Gasteiger partial charge is 0.335 e. The van der Waals surface area contributed by atoms with Crippen LogP contribution >= 0.6 is 23.2 Å². The second-order valence-corrected chi connectivity index (χ2v) is 4.23. The molecule has 4 heteroatoms. The summed E-state index contributed by atoms with van der Waals surface area (Å²) in [5, 5.41) is 1.28. The molecule has 0 radical (unpaired) electrons. The summed E-state index contributed by atoms with van der Waals surface area (Å²) in [5.41, 5.74) is 1.50. The number of hydrogen-bond donors (Lipinski definition) is 0. The van der Waals surface area contributed by atoms with Gasteiger partial charge >= 0.3 is 0 Å². The Morgan fingerprint density at radius 2 is 1.94 bits per heavy atom. The van der Waals surface area contributed by atoms with Gasteiger partial charge in [-0.05, 0) is 30.3 Å². The third kappa shape index (κ3) is 2.46. The fourth-order valence-corrected chi connectivity index (χ4v) is 1.80. The summed E-state index contributed by atoms with van der Waals surface area (Å²) in [7, 11) is 1.90. The lowest BCUT2D eigenvalue weighted by Gasteiger charge is -2.01. The Balaban J connectivity index is 2.60. The van der Waals surface area contributed by atoms with Crippen LogP contribution in [0.25, 0.3) is 0 Å². The molecule has 2 nitrogen and oxygen atoms in total. The van der Waals surface area contributed by atoms with Crippen molar-refractivity contribution in [1.82, 2.24) is 4.57 Å². The van der Waals surface area contributed by atoms with Crippen LogP contribution in [0.5, 0.6) is 0 Å². The number of benzene rings is 1. The first kappa shape index (κ1) is 11.2. The summed E-state index contributed by atoms with van der Waals surface area (Å²) in [6.45, 7) is 0. The third-order valence-corrected chi connectivity index (χ3v) is 2.67. The lowest BCUT2D eigenvalue weighted by Crippen LogP contribution is -2.17. The Morgan fingerprint density at radius 3 is 2.62 bits per heavy atom. The quantitative estimate of drug-likeness (QED) is 0.739. The van der Waals surface area contributed by atoms with Crippen LogP contribution in [0.1, 0.15) is 0 Å². The molecule has 1 heterocycles. The Hall–Kier alpha value is -1.25. The Labute approximate surface area is 104 Å². The molecule has 16 heavy (non-hydrogen) atoms. The molecule has 0 unspecified atom stereocenters. The molecule has 0 bridgehead atoms. The molecule has 0 saturated carbocycles. The highest BCUT2D eigenvalue weighted by molar-refractivity contribution is 6.31. The van der Waals surface area contributed by atoms with Crippen LogP contribution < -0.4 is 5.49 Å². The maximum absolute atomic E-state index is 6.07. The monoisotopic (exact) mass is 252 g/mol. The van der Waals surface area contributed by atoms with E-state index in [1.807, 2.05) is 48.1 Å². The van der Waals surface area contributed by atoms with Crippen molar-refractivity contribution in [1.29, 1.82) is 0 Å². The van der Waals surface area contributed by atoms with E-state index in [4.69, 9.17) is 23.2 Å². The predicted molar refractivity (Wildman–Crippen MR) is 67.1 cm³/mol. The van der Waals surface area contributed by atoms with E-state index in [1.54, 1.807) is 6.07 Å². The average molecular weight is 253 g/mol. The molecule has 2 rings (SSSR count). The van der Waals surface area contributed by atoms with Gasteiger partial charge < -0.3 is 4.57 Å². The van der Waals surface area contributed by atoms with Crippen LogP contribution in [-0.2, 0) is 7.05 Å². The molecule has 0 amide bonds. The lowest BCUT2D eigenvalue weighted by atomic mass is 10.3. The number of hydrogen-bond acceptors (Lipinski definition) is 1. The maximum Gasteiger partial charge on any atom is 0.151 e. The first-order valence-electron chi connectivity index (χ1n) is 4.78. The van der Waals surface area contributed by atoms with Crippen LogP contribution in [0.3, 0.4) is 0 Å². The van der Waals surface area contributed by atoms with Crippen LogP contribution in [0.4, 0.5) is 5.69 Å². The van der Waals surface area contributed by atoms with Gasteiger partial charge in [-0.1, -0.05) is 29.3 Å². The number of nitrogens with zero attached hydrogens (tertiary/aromatic N) is 2. The van der Waals surface area contributed by atoms with Gasteiger partial charge in [-0.2, -0.15) is 0 Å². The van der Waals surface area contributed by atoms with Crippen molar-refractivity contribution in [2.75, 3.05) is 0 Å². The van der Waals surface area contributed by atoms with Crippen LogP contribution in [0, 0.1) is 0 Å². The standard InChI is InChI=1S/C12H10Cl2N2/c1-16-7-3-6-11(14)12(16)15-10-5-2-4-9(13)8-10/h2-8H,1H3. The van der Waals surface area contributed by atoms with Crippen molar-refractivity contribution in [3.05, 3.63) is 58.1 Å². The fourth-order valence-electron chi connectivity index (χ4n) is 1.37. The van der Waals surface area contributed by atoms with E-state index in [-0.39, 0.29) is 0 Å². The highest BCUT2D eigenvalue weighted by Crippen LogP contribution is 2.17. The van der Waals surface area contributed by atoms with Gasteiger partial charge in [0.1, 0.15) is 0 Å². The molecule has 82 valence electrons. The minimum Gasteiger partial charge on any atom is -0.335 e. The topological polar surface area (TPSA) is 17.3 Å².